The molecule has 4 heteroatoms. The van der Waals surface area contributed by atoms with E-state index in [2.05, 4.69) is 15.9 Å². The molecule has 0 saturated carbocycles. The van der Waals surface area contributed by atoms with Crippen LogP contribution in [0.5, 0.6) is 0 Å². The molecule has 1 amide bonds. The third-order valence-corrected chi connectivity index (χ3v) is 3.17. The zero-order chi connectivity index (χ0) is 9.30. The van der Waals surface area contributed by atoms with Gasteiger partial charge in [-0.3, -0.25) is 4.79 Å². The van der Waals surface area contributed by atoms with Gasteiger partial charge in [-0.15, -0.1) is 0 Å². The van der Waals surface area contributed by atoms with Crippen LogP contribution >= 0.6 is 27.5 Å². The zero-order valence-electron chi connectivity index (χ0n) is 6.40. The fourth-order valence-electron chi connectivity index (χ4n) is 0.919. The average Bonchev–Trinajstić information content (AvgIpc) is 2.00. The van der Waals surface area contributed by atoms with Crippen LogP contribution in [0.15, 0.2) is 16.6 Å². The van der Waals surface area contributed by atoms with Crippen molar-refractivity contribution in [2.75, 3.05) is 0 Å². The lowest BCUT2D eigenvalue weighted by atomic mass is 10.1. The second-order valence-corrected chi connectivity index (χ2v) is 3.60. The van der Waals surface area contributed by atoms with Crippen LogP contribution in [0.1, 0.15) is 15.9 Å². The van der Waals surface area contributed by atoms with Gasteiger partial charge in [-0.05, 0) is 40.5 Å². The van der Waals surface area contributed by atoms with E-state index in [1.807, 2.05) is 0 Å². The van der Waals surface area contributed by atoms with Gasteiger partial charge in [-0.25, -0.2) is 0 Å². The van der Waals surface area contributed by atoms with Crippen molar-refractivity contribution >= 4 is 33.4 Å². The monoisotopic (exact) mass is 247 g/mol. The predicted molar refractivity (Wildman–Crippen MR) is 52.4 cm³/mol. The van der Waals surface area contributed by atoms with Gasteiger partial charge in [0.1, 0.15) is 0 Å². The van der Waals surface area contributed by atoms with E-state index < -0.39 is 5.91 Å². The van der Waals surface area contributed by atoms with Crippen LogP contribution in [0, 0.1) is 6.92 Å². The second kappa shape index (κ2) is 3.46. The molecule has 2 nitrogen and oxygen atoms in total. The van der Waals surface area contributed by atoms with Crippen molar-refractivity contribution in [3.63, 3.8) is 0 Å². The van der Waals surface area contributed by atoms with Gasteiger partial charge in [0.15, 0.2) is 0 Å². The highest BCUT2D eigenvalue weighted by molar-refractivity contribution is 9.10. The van der Waals surface area contributed by atoms with Crippen LogP contribution in [0.3, 0.4) is 0 Å². The highest BCUT2D eigenvalue weighted by Crippen LogP contribution is 2.27. The summed E-state index contributed by atoms with van der Waals surface area (Å²) >= 11 is 9.05. The Balaban J connectivity index is 3.36. The lowest BCUT2D eigenvalue weighted by Gasteiger charge is -2.04. The van der Waals surface area contributed by atoms with Gasteiger partial charge < -0.3 is 5.73 Å². The van der Waals surface area contributed by atoms with Crippen LogP contribution in [-0.4, -0.2) is 5.91 Å². The molecule has 0 heterocycles. The summed E-state index contributed by atoms with van der Waals surface area (Å²) in [5, 5.41) is 0.581. The molecule has 1 aromatic rings. The number of halogens is 2. The molecule has 64 valence electrons. The van der Waals surface area contributed by atoms with Crippen LogP contribution in [0.2, 0.25) is 5.02 Å². The van der Waals surface area contributed by atoms with Gasteiger partial charge in [0, 0.05) is 10.0 Å². The minimum Gasteiger partial charge on any atom is -0.366 e. The summed E-state index contributed by atoms with van der Waals surface area (Å²) in [4.78, 5) is 10.8. The highest BCUT2D eigenvalue weighted by atomic mass is 79.9. The molecule has 0 radical (unpaired) electrons. The van der Waals surface area contributed by atoms with Crippen molar-refractivity contribution < 1.29 is 4.79 Å². The van der Waals surface area contributed by atoms with Crippen LogP contribution in [0.4, 0.5) is 0 Å². The molecule has 0 bridgehead atoms. The normalized spacial score (nSPS) is 9.92. The van der Waals surface area contributed by atoms with E-state index in [9.17, 15) is 4.79 Å². The minimum atomic E-state index is -0.440. The predicted octanol–water partition coefficient (Wildman–Crippen LogP) is 2.51. The second-order valence-electron chi connectivity index (χ2n) is 2.40. The number of rotatable bonds is 1. The van der Waals surface area contributed by atoms with E-state index in [1.165, 1.54) is 0 Å². The van der Waals surface area contributed by atoms with Gasteiger partial charge in [-0.1, -0.05) is 11.6 Å². The van der Waals surface area contributed by atoms with Gasteiger partial charge in [0.2, 0.25) is 5.91 Å². The number of hydrogen-bond acceptors (Lipinski definition) is 1. The minimum absolute atomic E-state index is 0.440. The Hall–Kier alpha value is -0.540. The summed E-state index contributed by atoms with van der Waals surface area (Å²) in [6, 6.07) is 3.25. The van der Waals surface area contributed by atoms with Crippen molar-refractivity contribution in [2.24, 2.45) is 5.73 Å². The summed E-state index contributed by atoms with van der Waals surface area (Å²) < 4.78 is 0.723. The standard InChI is InChI=1S/C8H7BrClNO/c1-4-5(8(11)12)2-3-6(10)7(4)9/h2-3H,1H3,(H2,11,12). The lowest BCUT2D eigenvalue weighted by molar-refractivity contribution is 0.0999. The van der Waals surface area contributed by atoms with Crippen molar-refractivity contribution in [1.82, 2.24) is 0 Å². The summed E-state index contributed by atoms with van der Waals surface area (Å²) in [5.41, 5.74) is 6.40. The van der Waals surface area contributed by atoms with Crippen molar-refractivity contribution in [3.05, 3.63) is 32.8 Å². The lowest BCUT2D eigenvalue weighted by Crippen LogP contribution is -2.12. The Morgan fingerprint density at radius 1 is 1.58 bits per heavy atom. The Bertz CT molecular complexity index is 338. The quantitative estimate of drug-likeness (QED) is 0.815. The molecule has 12 heavy (non-hydrogen) atoms. The van der Waals surface area contributed by atoms with Crippen molar-refractivity contribution in [2.45, 2.75) is 6.92 Å². The van der Waals surface area contributed by atoms with Crippen LogP contribution in [0.25, 0.3) is 0 Å². The number of amides is 1. The number of carbonyl (C=O) groups excluding carboxylic acids is 1. The third kappa shape index (κ3) is 1.62. The fourth-order valence-corrected chi connectivity index (χ4v) is 1.47. The van der Waals surface area contributed by atoms with Gasteiger partial charge >= 0.3 is 0 Å². The molecule has 0 aliphatic rings. The Morgan fingerprint density at radius 3 is 2.67 bits per heavy atom. The molecule has 0 saturated heterocycles. The number of hydrogen-bond donors (Lipinski definition) is 1. The third-order valence-electron chi connectivity index (χ3n) is 1.60. The molecule has 0 aromatic heterocycles. The van der Waals surface area contributed by atoms with E-state index in [4.69, 9.17) is 17.3 Å². The van der Waals surface area contributed by atoms with Crippen LogP contribution < -0.4 is 5.73 Å². The maximum atomic E-state index is 10.8. The molecule has 0 spiro atoms. The van der Waals surface area contributed by atoms with E-state index in [0.717, 1.165) is 10.0 Å². The van der Waals surface area contributed by atoms with Crippen LogP contribution in [-0.2, 0) is 0 Å². The van der Waals surface area contributed by atoms with E-state index in [0.29, 0.717) is 10.6 Å². The number of carbonyl (C=O) groups is 1. The van der Waals surface area contributed by atoms with Crippen molar-refractivity contribution in [1.29, 1.82) is 0 Å². The fraction of sp³-hybridized carbons (Fsp3) is 0.125. The zero-order valence-corrected chi connectivity index (χ0v) is 8.74. The Labute approximate surface area is 83.8 Å². The molecule has 1 rings (SSSR count). The maximum absolute atomic E-state index is 10.8. The smallest absolute Gasteiger partial charge is 0.249 e. The largest absolute Gasteiger partial charge is 0.366 e. The molecule has 0 aliphatic carbocycles. The number of primary amides is 1. The average molecular weight is 249 g/mol. The summed E-state index contributed by atoms with van der Waals surface area (Å²) in [6.07, 6.45) is 0. The molecule has 0 aliphatic heterocycles. The first-order valence-electron chi connectivity index (χ1n) is 3.28. The summed E-state index contributed by atoms with van der Waals surface area (Å²) in [5.74, 6) is -0.440. The molecular weight excluding hydrogens is 241 g/mol. The van der Waals surface area contributed by atoms with Gasteiger partial charge in [0.25, 0.3) is 0 Å². The van der Waals surface area contributed by atoms with Gasteiger partial charge in [-0.2, -0.15) is 0 Å². The SMILES string of the molecule is Cc1c(C(N)=O)ccc(Cl)c1Br. The summed E-state index contributed by atoms with van der Waals surface area (Å²) in [6.45, 7) is 1.79. The van der Waals surface area contributed by atoms with E-state index in [-0.39, 0.29) is 0 Å². The maximum Gasteiger partial charge on any atom is 0.249 e. The molecule has 0 unspecified atom stereocenters. The first-order chi connectivity index (χ1) is 5.54. The number of nitrogens with two attached hydrogens (primary N) is 1. The Morgan fingerprint density at radius 2 is 2.17 bits per heavy atom. The number of benzene rings is 1. The molecule has 0 fully saturated rings. The topological polar surface area (TPSA) is 43.1 Å². The first kappa shape index (κ1) is 9.55. The first-order valence-corrected chi connectivity index (χ1v) is 4.45. The Kier molecular flexibility index (Phi) is 2.75. The molecular formula is C8H7BrClNO. The van der Waals surface area contributed by atoms with Gasteiger partial charge in [0.05, 0.1) is 5.02 Å². The molecule has 0 atom stereocenters. The van der Waals surface area contributed by atoms with E-state index in [1.54, 1.807) is 19.1 Å². The highest BCUT2D eigenvalue weighted by Gasteiger charge is 2.09. The molecule has 1 aromatic carbocycles. The summed E-state index contributed by atoms with van der Waals surface area (Å²) in [7, 11) is 0. The van der Waals surface area contributed by atoms with E-state index >= 15 is 0 Å². The molecule has 2 N–H and O–H groups in total. The van der Waals surface area contributed by atoms with Crippen molar-refractivity contribution in [3.8, 4) is 0 Å².